The molecule has 0 saturated carbocycles. The Kier molecular flexibility index (Phi) is 8.18. The lowest BCUT2D eigenvalue weighted by molar-refractivity contribution is -0.140. The van der Waals surface area contributed by atoms with Crippen molar-refractivity contribution in [3.05, 3.63) is 71.0 Å². The van der Waals surface area contributed by atoms with E-state index in [-0.39, 0.29) is 30.6 Å². The zero-order chi connectivity index (χ0) is 20.5. The van der Waals surface area contributed by atoms with E-state index in [1.165, 1.54) is 11.0 Å². The van der Waals surface area contributed by atoms with Crippen LogP contribution in [0.3, 0.4) is 0 Å². The van der Waals surface area contributed by atoms with Gasteiger partial charge >= 0.3 is 0 Å². The molecule has 5 heteroatoms. The predicted octanol–water partition coefficient (Wildman–Crippen LogP) is 4.01. The number of benzene rings is 2. The molecule has 0 saturated heterocycles. The van der Waals surface area contributed by atoms with E-state index in [0.29, 0.717) is 12.1 Å². The fraction of sp³-hybridized carbons (Fsp3) is 0.391. The molecule has 0 heterocycles. The molecule has 0 aliphatic rings. The summed E-state index contributed by atoms with van der Waals surface area (Å²) >= 11 is 0. The predicted molar refractivity (Wildman–Crippen MR) is 109 cm³/mol. The molecule has 2 aromatic carbocycles. The van der Waals surface area contributed by atoms with Crippen LogP contribution < -0.4 is 5.32 Å². The minimum absolute atomic E-state index is 0.0552. The average molecular weight is 384 g/mol. The Balaban J connectivity index is 2.20. The van der Waals surface area contributed by atoms with Gasteiger partial charge in [0.15, 0.2) is 0 Å². The third kappa shape index (κ3) is 6.19. The third-order valence-electron chi connectivity index (χ3n) is 4.73. The second kappa shape index (κ2) is 10.6. The summed E-state index contributed by atoms with van der Waals surface area (Å²) in [6.07, 6.45) is 2.02. The maximum absolute atomic E-state index is 14.2. The molecule has 1 atom stereocenters. The number of amides is 2. The summed E-state index contributed by atoms with van der Waals surface area (Å²) in [6.45, 7) is 6.33. The van der Waals surface area contributed by atoms with E-state index in [9.17, 15) is 14.0 Å². The quantitative estimate of drug-likeness (QED) is 0.664. The summed E-state index contributed by atoms with van der Waals surface area (Å²) < 4.78 is 14.2. The highest BCUT2D eigenvalue weighted by molar-refractivity contribution is 5.88. The molecule has 1 unspecified atom stereocenters. The van der Waals surface area contributed by atoms with Gasteiger partial charge in [0, 0.05) is 18.7 Å². The van der Waals surface area contributed by atoms with Crippen LogP contribution in [-0.4, -0.2) is 29.3 Å². The first-order valence-corrected chi connectivity index (χ1v) is 9.78. The maximum atomic E-state index is 14.2. The molecule has 2 aromatic rings. The summed E-state index contributed by atoms with van der Waals surface area (Å²) in [6, 6.07) is 13.4. The first-order valence-electron chi connectivity index (χ1n) is 9.78. The number of aryl methyl sites for hydroxylation is 1. The number of unbranched alkanes of at least 4 members (excludes halogenated alkanes) is 1. The Hall–Kier alpha value is -2.69. The number of carbonyl (C=O) groups is 2. The van der Waals surface area contributed by atoms with Gasteiger partial charge in [-0.3, -0.25) is 9.59 Å². The van der Waals surface area contributed by atoms with Crippen LogP contribution in [0.4, 0.5) is 4.39 Å². The molecular formula is C23H29FN2O2. The van der Waals surface area contributed by atoms with Gasteiger partial charge in [-0.1, -0.05) is 61.4 Å². The number of carbonyl (C=O) groups excluding carboxylic acids is 2. The second-order valence-electron chi connectivity index (χ2n) is 7.10. The molecule has 0 radical (unpaired) electrons. The van der Waals surface area contributed by atoms with Gasteiger partial charge in [0.25, 0.3) is 0 Å². The monoisotopic (exact) mass is 384 g/mol. The van der Waals surface area contributed by atoms with Crippen molar-refractivity contribution in [2.75, 3.05) is 6.54 Å². The van der Waals surface area contributed by atoms with Crippen molar-refractivity contribution < 1.29 is 14.0 Å². The molecule has 1 N–H and O–H groups in total. The van der Waals surface area contributed by atoms with Gasteiger partial charge in [-0.05, 0) is 31.9 Å². The average Bonchev–Trinajstić information content (AvgIpc) is 2.67. The molecular weight excluding hydrogens is 355 g/mol. The van der Waals surface area contributed by atoms with Crippen LogP contribution in [0, 0.1) is 12.7 Å². The molecule has 0 aromatic heterocycles. The lowest BCUT2D eigenvalue weighted by atomic mass is 10.1. The summed E-state index contributed by atoms with van der Waals surface area (Å²) in [4.78, 5) is 27.0. The Morgan fingerprint density at radius 1 is 1.14 bits per heavy atom. The molecule has 0 aliphatic heterocycles. The molecule has 28 heavy (non-hydrogen) atoms. The van der Waals surface area contributed by atoms with Gasteiger partial charge in [0.1, 0.15) is 11.9 Å². The highest BCUT2D eigenvalue weighted by atomic mass is 19.1. The molecule has 2 amide bonds. The first kappa shape index (κ1) is 21.6. The standard InChI is InChI=1S/C23H29FN2O2/c1-4-5-13-25-23(28)18(3)26(16-20-11-6-7-12-21(20)24)22(27)15-19-10-8-9-17(2)14-19/h6-12,14,18H,4-5,13,15-16H2,1-3H3,(H,25,28). The maximum Gasteiger partial charge on any atom is 0.242 e. The number of nitrogens with one attached hydrogen (secondary N) is 1. The van der Waals surface area contributed by atoms with E-state index in [4.69, 9.17) is 0 Å². The molecule has 150 valence electrons. The Morgan fingerprint density at radius 2 is 1.89 bits per heavy atom. The number of hydrogen-bond acceptors (Lipinski definition) is 2. The Labute approximate surface area is 166 Å². The van der Waals surface area contributed by atoms with Crippen LogP contribution in [0.15, 0.2) is 48.5 Å². The van der Waals surface area contributed by atoms with Crippen LogP contribution in [-0.2, 0) is 22.6 Å². The van der Waals surface area contributed by atoms with E-state index in [2.05, 4.69) is 5.32 Å². The van der Waals surface area contributed by atoms with Crippen molar-refractivity contribution in [2.45, 2.75) is 52.6 Å². The SMILES string of the molecule is CCCCNC(=O)C(C)N(Cc1ccccc1F)C(=O)Cc1cccc(C)c1. The summed E-state index contributed by atoms with van der Waals surface area (Å²) in [5.41, 5.74) is 2.34. The lowest BCUT2D eigenvalue weighted by Gasteiger charge is -2.29. The van der Waals surface area contributed by atoms with Crippen molar-refractivity contribution in [1.29, 1.82) is 0 Å². The Bertz CT molecular complexity index is 807. The molecule has 0 spiro atoms. The zero-order valence-electron chi connectivity index (χ0n) is 16.9. The minimum Gasteiger partial charge on any atom is -0.354 e. The van der Waals surface area contributed by atoms with Crippen LogP contribution in [0.25, 0.3) is 0 Å². The summed E-state index contributed by atoms with van der Waals surface area (Å²) in [5.74, 6) is -0.802. The largest absolute Gasteiger partial charge is 0.354 e. The highest BCUT2D eigenvalue weighted by Gasteiger charge is 2.26. The molecule has 0 bridgehead atoms. The van der Waals surface area contributed by atoms with Crippen molar-refractivity contribution >= 4 is 11.8 Å². The molecule has 2 rings (SSSR count). The van der Waals surface area contributed by atoms with Gasteiger partial charge in [-0.25, -0.2) is 4.39 Å². The van der Waals surface area contributed by atoms with Crippen molar-refractivity contribution in [3.8, 4) is 0 Å². The highest BCUT2D eigenvalue weighted by Crippen LogP contribution is 2.15. The first-order chi connectivity index (χ1) is 13.4. The van der Waals surface area contributed by atoms with Crippen LogP contribution in [0.1, 0.15) is 43.4 Å². The van der Waals surface area contributed by atoms with E-state index in [0.717, 1.165) is 24.0 Å². The number of rotatable bonds is 9. The summed E-state index contributed by atoms with van der Waals surface area (Å²) in [7, 11) is 0. The molecule has 0 aliphatic carbocycles. The van der Waals surface area contributed by atoms with Gasteiger partial charge < -0.3 is 10.2 Å². The normalized spacial score (nSPS) is 11.7. The van der Waals surface area contributed by atoms with Crippen LogP contribution >= 0.6 is 0 Å². The molecule has 0 fully saturated rings. The van der Waals surface area contributed by atoms with Gasteiger partial charge in [-0.2, -0.15) is 0 Å². The smallest absolute Gasteiger partial charge is 0.242 e. The van der Waals surface area contributed by atoms with E-state index in [1.807, 2.05) is 38.1 Å². The van der Waals surface area contributed by atoms with Crippen molar-refractivity contribution in [2.24, 2.45) is 0 Å². The van der Waals surface area contributed by atoms with Crippen molar-refractivity contribution in [1.82, 2.24) is 10.2 Å². The summed E-state index contributed by atoms with van der Waals surface area (Å²) in [5, 5.41) is 2.87. The van der Waals surface area contributed by atoms with Gasteiger partial charge in [0.05, 0.1) is 6.42 Å². The van der Waals surface area contributed by atoms with Crippen LogP contribution in [0.2, 0.25) is 0 Å². The van der Waals surface area contributed by atoms with Crippen molar-refractivity contribution in [3.63, 3.8) is 0 Å². The van der Waals surface area contributed by atoms with E-state index < -0.39 is 6.04 Å². The zero-order valence-corrected chi connectivity index (χ0v) is 16.9. The minimum atomic E-state index is -0.686. The van der Waals surface area contributed by atoms with Gasteiger partial charge in [0.2, 0.25) is 11.8 Å². The Morgan fingerprint density at radius 3 is 2.57 bits per heavy atom. The van der Waals surface area contributed by atoms with E-state index in [1.54, 1.807) is 25.1 Å². The fourth-order valence-electron chi connectivity index (χ4n) is 3.03. The number of hydrogen-bond donors (Lipinski definition) is 1. The number of nitrogens with zero attached hydrogens (tertiary/aromatic N) is 1. The number of halogens is 1. The van der Waals surface area contributed by atoms with Crippen LogP contribution in [0.5, 0.6) is 0 Å². The van der Waals surface area contributed by atoms with E-state index >= 15 is 0 Å². The lowest BCUT2D eigenvalue weighted by Crippen LogP contribution is -2.48. The van der Waals surface area contributed by atoms with Gasteiger partial charge in [-0.15, -0.1) is 0 Å². The molecule has 4 nitrogen and oxygen atoms in total. The third-order valence-corrected chi connectivity index (χ3v) is 4.73. The second-order valence-corrected chi connectivity index (χ2v) is 7.10. The topological polar surface area (TPSA) is 49.4 Å². The fourth-order valence-corrected chi connectivity index (χ4v) is 3.03.